The van der Waals surface area contributed by atoms with Gasteiger partial charge in [-0.15, -0.1) is 0 Å². The van der Waals surface area contributed by atoms with Gasteiger partial charge in [-0.1, -0.05) is 60.7 Å². The topological polar surface area (TPSA) is 146 Å². The smallest absolute Gasteiger partial charge is 0.343 e. The summed E-state index contributed by atoms with van der Waals surface area (Å²) in [6.07, 6.45) is -1.43. The van der Waals surface area contributed by atoms with E-state index in [0.29, 0.717) is 23.4 Å². The molecule has 198 valence electrons. The highest BCUT2D eigenvalue weighted by Crippen LogP contribution is 2.16. The second-order valence-corrected chi connectivity index (χ2v) is 8.21. The van der Waals surface area contributed by atoms with Crippen molar-refractivity contribution >= 4 is 23.9 Å². The molecule has 0 saturated carbocycles. The van der Waals surface area contributed by atoms with Gasteiger partial charge in [0.2, 0.25) is 0 Å². The summed E-state index contributed by atoms with van der Waals surface area (Å²) in [5.74, 6) is -2.16. The Hall–Kier alpha value is -4.74. The molecule has 0 aliphatic rings. The molecule has 0 bridgehead atoms. The lowest BCUT2D eigenvalue weighted by atomic mass is 10.1. The molecule has 0 saturated heterocycles. The van der Waals surface area contributed by atoms with Crippen LogP contribution >= 0.6 is 0 Å². The fraction of sp³-hybridized carbons (Fsp3) is 0.185. The standard InChI is InChI=1S/C27H28N4O7/c1-31(29-27(36)28-17-20-8-4-2-5-9-20)18-24(32)30-38-23(25(33)34)16-19-12-14-22(15-13-19)37-26(35)21-10-6-3-7-11-21/h2-15,23H,16-18H2,1H3,(H,30,32)(H,33,34)(H2,28,29,36)/t23-/m0/s1. The Bertz CT molecular complexity index is 1220. The van der Waals surface area contributed by atoms with Crippen LogP contribution in [0.5, 0.6) is 5.75 Å². The predicted octanol–water partition coefficient (Wildman–Crippen LogP) is 2.30. The lowest BCUT2D eigenvalue weighted by Gasteiger charge is -2.19. The number of nitrogens with one attached hydrogen (secondary N) is 3. The molecule has 0 aliphatic carbocycles. The lowest BCUT2D eigenvalue weighted by Crippen LogP contribution is -2.49. The zero-order valence-corrected chi connectivity index (χ0v) is 20.6. The van der Waals surface area contributed by atoms with Crippen molar-refractivity contribution in [2.24, 2.45) is 0 Å². The van der Waals surface area contributed by atoms with E-state index in [1.54, 1.807) is 42.5 Å². The van der Waals surface area contributed by atoms with Gasteiger partial charge in [-0.25, -0.2) is 24.9 Å². The first-order chi connectivity index (χ1) is 18.3. The molecule has 0 heterocycles. The quantitative estimate of drug-likeness (QED) is 0.162. The van der Waals surface area contributed by atoms with E-state index in [2.05, 4.69) is 16.2 Å². The maximum Gasteiger partial charge on any atom is 0.343 e. The number of carboxylic acid groups (broad SMARTS) is 1. The summed E-state index contributed by atoms with van der Waals surface area (Å²) < 4.78 is 5.31. The first-order valence-electron chi connectivity index (χ1n) is 11.6. The van der Waals surface area contributed by atoms with E-state index in [9.17, 15) is 24.3 Å². The number of ether oxygens (including phenoxy) is 1. The minimum Gasteiger partial charge on any atom is -0.479 e. The van der Waals surface area contributed by atoms with Crippen LogP contribution in [0.3, 0.4) is 0 Å². The van der Waals surface area contributed by atoms with Crippen LogP contribution in [-0.2, 0) is 27.4 Å². The Morgan fingerprint density at radius 1 is 0.868 bits per heavy atom. The first-order valence-corrected chi connectivity index (χ1v) is 11.6. The average Bonchev–Trinajstić information content (AvgIpc) is 2.91. The summed E-state index contributed by atoms with van der Waals surface area (Å²) in [6, 6.07) is 23.6. The van der Waals surface area contributed by atoms with Crippen molar-refractivity contribution in [3.05, 3.63) is 102 Å². The van der Waals surface area contributed by atoms with Crippen LogP contribution in [0.4, 0.5) is 4.79 Å². The Balaban J connectivity index is 1.41. The van der Waals surface area contributed by atoms with Crippen LogP contribution < -0.4 is 21.0 Å². The largest absolute Gasteiger partial charge is 0.479 e. The third-order valence-corrected chi connectivity index (χ3v) is 5.12. The van der Waals surface area contributed by atoms with Crippen LogP contribution in [0, 0.1) is 0 Å². The van der Waals surface area contributed by atoms with E-state index in [4.69, 9.17) is 9.57 Å². The number of urea groups is 1. The van der Waals surface area contributed by atoms with Crippen molar-refractivity contribution in [3.63, 3.8) is 0 Å². The monoisotopic (exact) mass is 520 g/mol. The lowest BCUT2D eigenvalue weighted by molar-refractivity contribution is -0.160. The zero-order valence-electron chi connectivity index (χ0n) is 20.6. The highest BCUT2D eigenvalue weighted by molar-refractivity contribution is 5.91. The van der Waals surface area contributed by atoms with Gasteiger partial charge < -0.3 is 15.2 Å². The van der Waals surface area contributed by atoms with Crippen LogP contribution in [0.25, 0.3) is 0 Å². The Labute approximate surface area is 219 Å². The molecule has 3 rings (SSSR count). The molecular formula is C27H28N4O7. The van der Waals surface area contributed by atoms with Crippen molar-refractivity contribution in [1.82, 2.24) is 21.2 Å². The number of hydroxylamine groups is 1. The third kappa shape index (κ3) is 9.37. The highest BCUT2D eigenvalue weighted by Gasteiger charge is 2.21. The summed E-state index contributed by atoms with van der Waals surface area (Å²) in [6.45, 7) is 0.0269. The van der Waals surface area contributed by atoms with Gasteiger partial charge in [-0.2, -0.15) is 0 Å². The van der Waals surface area contributed by atoms with Crippen molar-refractivity contribution in [3.8, 4) is 5.75 Å². The second kappa shape index (κ2) is 14.1. The number of hydrogen-bond donors (Lipinski definition) is 4. The van der Waals surface area contributed by atoms with Crippen LogP contribution in [0.2, 0.25) is 0 Å². The third-order valence-electron chi connectivity index (χ3n) is 5.12. The number of benzene rings is 3. The van der Waals surface area contributed by atoms with E-state index in [1.807, 2.05) is 30.3 Å². The van der Waals surface area contributed by atoms with Gasteiger partial charge in [0.05, 0.1) is 12.1 Å². The van der Waals surface area contributed by atoms with Crippen LogP contribution in [0.15, 0.2) is 84.9 Å². The average molecular weight is 521 g/mol. The zero-order chi connectivity index (χ0) is 27.3. The predicted molar refractivity (Wildman–Crippen MR) is 137 cm³/mol. The fourth-order valence-corrected chi connectivity index (χ4v) is 3.24. The molecule has 0 unspecified atom stereocenters. The van der Waals surface area contributed by atoms with Gasteiger partial charge in [-0.05, 0) is 35.4 Å². The molecule has 11 heteroatoms. The highest BCUT2D eigenvalue weighted by atomic mass is 16.7. The number of rotatable bonds is 12. The van der Waals surface area contributed by atoms with Gasteiger partial charge in [0.25, 0.3) is 5.91 Å². The molecule has 38 heavy (non-hydrogen) atoms. The van der Waals surface area contributed by atoms with Crippen molar-refractivity contribution in [2.45, 2.75) is 19.1 Å². The normalized spacial score (nSPS) is 11.3. The van der Waals surface area contributed by atoms with E-state index in [-0.39, 0.29) is 13.0 Å². The molecule has 0 aliphatic heterocycles. The Morgan fingerprint density at radius 2 is 1.50 bits per heavy atom. The second-order valence-electron chi connectivity index (χ2n) is 8.21. The Morgan fingerprint density at radius 3 is 2.13 bits per heavy atom. The van der Waals surface area contributed by atoms with Gasteiger partial charge in [0.15, 0.2) is 6.10 Å². The van der Waals surface area contributed by atoms with Gasteiger partial charge >= 0.3 is 18.0 Å². The summed E-state index contributed by atoms with van der Waals surface area (Å²) in [5, 5.41) is 13.4. The SMILES string of the molecule is CN(CC(=O)NO[C@@H](Cc1ccc(OC(=O)c2ccccc2)cc1)C(=O)O)NC(=O)NCc1ccccc1. The summed E-state index contributed by atoms with van der Waals surface area (Å²) in [7, 11) is 1.47. The summed E-state index contributed by atoms with van der Waals surface area (Å²) in [5.41, 5.74) is 6.48. The molecule has 4 N–H and O–H groups in total. The van der Waals surface area contributed by atoms with Gasteiger partial charge in [-0.3, -0.25) is 15.1 Å². The van der Waals surface area contributed by atoms with E-state index in [1.165, 1.54) is 24.2 Å². The molecule has 0 fully saturated rings. The number of carbonyl (C=O) groups excluding carboxylic acids is 3. The molecule has 0 aromatic heterocycles. The maximum absolute atomic E-state index is 12.2. The number of nitrogens with zero attached hydrogens (tertiary/aromatic N) is 1. The number of hydrogen-bond acceptors (Lipinski definition) is 7. The van der Waals surface area contributed by atoms with Gasteiger partial charge in [0, 0.05) is 20.0 Å². The number of amides is 3. The number of esters is 1. The van der Waals surface area contributed by atoms with Crippen LogP contribution in [-0.4, -0.2) is 53.7 Å². The molecule has 3 aromatic carbocycles. The summed E-state index contributed by atoms with van der Waals surface area (Å²) >= 11 is 0. The minimum atomic E-state index is -1.37. The fourth-order valence-electron chi connectivity index (χ4n) is 3.24. The summed E-state index contributed by atoms with van der Waals surface area (Å²) in [4.78, 5) is 53.0. The van der Waals surface area contributed by atoms with E-state index in [0.717, 1.165) is 5.56 Å². The molecular weight excluding hydrogens is 492 g/mol. The van der Waals surface area contributed by atoms with Crippen LogP contribution in [0.1, 0.15) is 21.5 Å². The van der Waals surface area contributed by atoms with E-state index < -0.39 is 30.0 Å². The number of likely N-dealkylation sites (N-methyl/N-ethyl adjacent to an activating group) is 1. The Kier molecular flexibility index (Phi) is 10.3. The number of carboxylic acids is 1. The maximum atomic E-state index is 12.2. The van der Waals surface area contributed by atoms with Crippen molar-refractivity contribution in [2.75, 3.05) is 13.6 Å². The molecule has 11 nitrogen and oxygen atoms in total. The first kappa shape index (κ1) is 27.8. The van der Waals surface area contributed by atoms with Crippen molar-refractivity contribution < 1.29 is 33.9 Å². The number of carbonyl (C=O) groups is 4. The molecule has 1 atom stereocenters. The van der Waals surface area contributed by atoms with E-state index >= 15 is 0 Å². The van der Waals surface area contributed by atoms with Crippen molar-refractivity contribution in [1.29, 1.82) is 0 Å². The van der Waals surface area contributed by atoms with Gasteiger partial charge in [0.1, 0.15) is 5.75 Å². The molecule has 3 aromatic rings. The molecule has 0 spiro atoms. The molecule has 0 radical (unpaired) electrons. The minimum absolute atomic E-state index is 0.0570. The number of hydrazine groups is 1. The number of aliphatic carboxylic acids is 1. The molecule has 3 amide bonds.